The monoisotopic (exact) mass is 476 g/mol. The van der Waals surface area contributed by atoms with Crippen molar-refractivity contribution in [3.63, 3.8) is 0 Å². The van der Waals surface area contributed by atoms with Crippen LogP contribution in [-0.4, -0.2) is 30.4 Å². The highest BCUT2D eigenvalue weighted by Crippen LogP contribution is 2.19. The van der Waals surface area contributed by atoms with Gasteiger partial charge in [0.2, 0.25) is 15.9 Å². The number of carbonyl (C=O) groups excluding carboxylic acids is 1. The Kier molecular flexibility index (Phi) is 5.24. The van der Waals surface area contributed by atoms with E-state index < -0.39 is 22.5 Å². The standard InChI is InChI=1S/C19H17BrN4O4S/c20-12-3-6-14(7-4-12)29(27,28)21-11-18(25)22-13-5-8-15-16(10-13)23-17-2-1-9-24(17)19(15)26/h3-8,10,21H,1-2,9,11H2,(H,22,25). The fourth-order valence-corrected chi connectivity index (χ4v) is 4.47. The van der Waals surface area contributed by atoms with Crippen LogP contribution in [0.4, 0.5) is 5.69 Å². The molecule has 1 amide bonds. The molecule has 0 fully saturated rings. The molecular weight excluding hydrogens is 460 g/mol. The summed E-state index contributed by atoms with van der Waals surface area (Å²) in [4.78, 5) is 29.3. The third-order valence-electron chi connectivity index (χ3n) is 4.65. The predicted molar refractivity (Wildman–Crippen MR) is 112 cm³/mol. The van der Waals surface area contributed by atoms with Crippen LogP contribution in [-0.2, 0) is 27.8 Å². The Balaban J connectivity index is 1.47. The highest BCUT2D eigenvalue weighted by Gasteiger charge is 2.17. The van der Waals surface area contributed by atoms with Crippen molar-refractivity contribution in [3.8, 4) is 0 Å². The fourth-order valence-electron chi connectivity index (χ4n) is 3.22. The Morgan fingerprint density at radius 1 is 1.17 bits per heavy atom. The Morgan fingerprint density at radius 2 is 1.93 bits per heavy atom. The van der Waals surface area contributed by atoms with E-state index >= 15 is 0 Å². The first-order valence-electron chi connectivity index (χ1n) is 8.92. The van der Waals surface area contributed by atoms with Crippen molar-refractivity contribution in [2.24, 2.45) is 0 Å². The van der Waals surface area contributed by atoms with Crippen LogP contribution in [0.15, 0.2) is 56.6 Å². The van der Waals surface area contributed by atoms with Gasteiger partial charge in [-0.2, -0.15) is 0 Å². The van der Waals surface area contributed by atoms with Gasteiger partial charge in [0.1, 0.15) is 5.82 Å². The van der Waals surface area contributed by atoms with Gasteiger partial charge in [-0.05, 0) is 48.9 Å². The van der Waals surface area contributed by atoms with E-state index in [1.165, 1.54) is 12.1 Å². The second-order valence-electron chi connectivity index (χ2n) is 6.65. The number of hydrogen-bond acceptors (Lipinski definition) is 5. The number of rotatable bonds is 5. The quantitative estimate of drug-likeness (QED) is 0.585. The predicted octanol–water partition coefficient (Wildman–Crippen LogP) is 2.02. The molecule has 4 rings (SSSR count). The summed E-state index contributed by atoms with van der Waals surface area (Å²) in [6.07, 6.45) is 1.64. The molecule has 2 N–H and O–H groups in total. The van der Waals surface area contributed by atoms with Gasteiger partial charge in [-0.25, -0.2) is 18.1 Å². The molecule has 2 heterocycles. The van der Waals surface area contributed by atoms with Crippen LogP contribution in [0, 0.1) is 0 Å². The van der Waals surface area contributed by atoms with Crippen LogP contribution in [0.5, 0.6) is 0 Å². The number of aromatic nitrogens is 2. The van der Waals surface area contributed by atoms with Crippen molar-refractivity contribution >= 4 is 48.5 Å². The lowest BCUT2D eigenvalue weighted by Crippen LogP contribution is -2.32. The van der Waals surface area contributed by atoms with Crippen LogP contribution < -0.4 is 15.6 Å². The van der Waals surface area contributed by atoms with Crippen LogP contribution >= 0.6 is 15.9 Å². The normalized spacial score (nSPS) is 13.4. The zero-order chi connectivity index (χ0) is 20.6. The second-order valence-corrected chi connectivity index (χ2v) is 9.33. The lowest BCUT2D eigenvalue weighted by molar-refractivity contribution is -0.115. The van der Waals surface area contributed by atoms with Gasteiger partial charge in [-0.1, -0.05) is 15.9 Å². The Hall–Kier alpha value is -2.56. The van der Waals surface area contributed by atoms with Crippen LogP contribution in [0.1, 0.15) is 12.2 Å². The molecule has 1 aliphatic rings. The Labute approximate surface area is 175 Å². The summed E-state index contributed by atoms with van der Waals surface area (Å²) in [5.41, 5.74) is 0.874. The van der Waals surface area contributed by atoms with E-state index in [1.54, 1.807) is 34.9 Å². The van der Waals surface area contributed by atoms with Gasteiger partial charge in [0, 0.05) is 23.1 Å². The molecule has 1 aliphatic heterocycles. The maximum absolute atomic E-state index is 12.5. The summed E-state index contributed by atoms with van der Waals surface area (Å²) >= 11 is 3.24. The molecule has 0 bridgehead atoms. The van der Waals surface area contributed by atoms with Gasteiger partial charge in [0.25, 0.3) is 5.56 Å². The summed E-state index contributed by atoms with van der Waals surface area (Å²) in [5, 5.41) is 3.12. The van der Waals surface area contributed by atoms with E-state index in [-0.39, 0.29) is 10.5 Å². The zero-order valence-corrected chi connectivity index (χ0v) is 17.6. The summed E-state index contributed by atoms with van der Waals surface area (Å²) in [6.45, 7) is 0.255. The molecule has 0 saturated carbocycles. The van der Waals surface area contributed by atoms with E-state index in [2.05, 4.69) is 31.0 Å². The average molecular weight is 477 g/mol. The first-order chi connectivity index (χ1) is 13.8. The highest BCUT2D eigenvalue weighted by atomic mass is 79.9. The molecule has 0 aliphatic carbocycles. The lowest BCUT2D eigenvalue weighted by atomic mass is 10.2. The first kappa shape index (κ1) is 19.7. The van der Waals surface area contributed by atoms with Crippen molar-refractivity contribution < 1.29 is 13.2 Å². The molecule has 0 radical (unpaired) electrons. The number of nitrogens with one attached hydrogen (secondary N) is 2. The molecule has 29 heavy (non-hydrogen) atoms. The molecule has 0 spiro atoms. The lowest BCUT2D eigenvalue weighted by Gasteiger charge is -2.09. The minimum atomic E-state index is -3.80. The number of fused-ring (bicyclic) bond motifs is 2. The molecule has 8 nitrogen and oxygen atoms in total. The largest absolute Gasteiger partial charge is 0.325 e. The van der Waals surface area contributed by atoms with Gasteiger partial charge >= 0.3 is 0 Å². The van der Waals surface area contributed by atoms with Crippen LogP contribution in [0.3, 0.4) is 0 Å². The number of benzene rings is 2. The van der Waals surface area contributed by atoms with Gasteiger partial charge in [0.15, 0.2) is 0 Å². The Bertz CT molecular complexity index is 1270. The third-order valence-corrected chi connectivity index (χ3v) is 6.59. The molecule has 0 atom stereocenters. The minimum Gasteiger partial charge on any atom is -0.325 e. The number of anilines is 1. The van der Waals surface area contributed by atoms with Crippen molar-refractivity contribution in [2.45, 2.75) is 24.3 Å². The summed E-state index contributed by atoms with van der Waals surface area (Å²) in [6, 6.07) is 10.9. The number of amides is 1. The van der Waals surface area contributed by atoms with E-state index in [1.807, 2.05) is 0 Å². The number of carbonyl (C=O) groups is 1. The Morgan fingerprint density at radius 3 is 2.69 bits per heavy atom. The number of nitrogens with zero attached hydrogens (tertiary/aromatic N) is 2. The second kappa shape index (κ2) is 7.69. The minimum absolute atomic E-state index is 0.0673. The van der Waals surface area contributed by atoms with Gasteiger partial charge < -0.3 is 5.32 Å². The molecule has 0 saturated heterocycles. The molecule has 1 aromatic heterocycles. The summed E-state index contributed by atoms with van der Waals surface area (Å²) in [7, 11) is -3.80. The maximum atomic E-state index is 12.5. The fraction of sp³-hybridized carbons (Fsp3) is 0.211. The molecule has 10 heteroatoms. The molecule has 150 valence electrons. The summed E-state index contributed by atoms with van der Waals surface area (Å²) < 4.78 is 29.2. The van der Waals surface area contributed by atoms with Crippen LogP contribution in [0.25, 0.3) is 10.9 Å². The number of halogens is 1. The van der Waals surface area contributed by atoms with Gasteiger partial charge in [-0.3, -0.25) is 14.2 Å². The van der Waals surface area contributed by atoms with Crippen molar-refractivity contribution in [1.82, 2.24) is 14.3 Å². The van der Waals surface area contributed by atoms with E-state index in [4.69, 9.17) is 0 Å². The number of sulfonamides is 1. The van der Waals surface area contributed by atoms with E-state index in [0.29, 0.717) is 23.1 Å². The zero-order valence-electron chi connectivity index (χ0n) is 15.2. The van der Waals surface area contributed by atoms with Gasteiger partial charge in [-0.15, -0.1) is 0 Å². The first-order valence-corrected chi connectivity index (χ1v) is 11.2. The van der Waals surface area contributed by atoms with Crippen molar-refractivity contribution in [2.75, 3.05) is 11.9 Å². The molecule has 0 unspecified atom stereocenters. The smallest absolute Gasteiger partial charge is 0.261 e. The highest BCUT2D eigenvalue weighted by molar-refractivity contribution is 9.10. The van der Waals surface area contributed by atoms with Crippen LogP contribution in [0.2, 0.25) is 0 Å². The topological polar surface area (TPSA) is 110 Å². The molecule has 2 aromatic carbocycles. The average Bonchev–Trinajstić information content (AvgIpc) is 3.16. The maximum Gasteiger partial charge on any atom is 0.261 e. The molecule has 3 aromatic rings. The van der Waals surface area contributed by atoms with E-state index in [9.17, 15) is 18.0 Å². The summed E-state index contributed by atoms with van der Waals surface area (Å²) in [5.74, 6) is 0.219. The van der Waals surface area contributed by atoms with Crippen molar-refractivity contribution in [3.05, 3.63) is 63.1 Å². The molecular formula is C19H17BrN4O4S. The van der Waals surface area contributed by atoms with E-state index in [0.717, 1.165) is 23.1 Å². The third kappa shape index (κ3) is 4.09. The number of hydrogen-bond donors (Lipinski definition) is 2. The SMILES string of the molecule is O=C(CNS(=O)(=O)c1ccc(Br)cc1)Nc1ccc2c(=O)n3c(nc2c1)CCC3. The van der Waals surface area contributed by atoms with Gasteiger partial charge in [0.05, 0.1) is 22.3 Å². The number of aryl methyl sites for hydroxylation is 1. The van der Waals surface area contributed by atoms with Crippen molar-refractivity contribution in [1.29, 1.82) is 0 Å².